The first-order valence-electron chi connectivity index (χ1n) is 5.25. The van der Waals surface area contributed by atoms with Gasteiger partial charge < -0.3 is 9.67 Å². The zero-order chi connectivity index (χ0) is 14.2. The smallest absolute Gasteiger partial charge is 0.352 e. The predicted octanol–water partition coefficient (Wildman–Crippen LogP) is 2.44. The summed E-state index contributed by atoms with van der Waals surface area (Å²) < 4.78 is 14.9. The highest BCUT2D eigenvalue weighted by molar-refractivity contribution is 5.87. The summed E-state index contributed by atoms with van der Waals surface area (Å²) in [6.45, 7) is 0. The van der Waals surface area contributed by atoms with Crippen LogP contribution in [-0.4, -0.2) is 20.6 Å². The molecular formula is C12H9FN2O4. The summed E-state index contributed by atoms with van der Waals surface area (Å²) in [5.41, 5.74) is 0.273. The number of benzene rings is 1. The second-order valence-electron chi connectivity index (χ2n) is 3.89. The minimum atomic E-state index is -1.10. The second-order valence-corrected chi connectivity index (χ2v) is 3.89. The highest BCUT2D eigenvalue weighted by Gasteiger charge is 2.17. The molecule has 1 aromatic carbocycles. The summed E-state index contributed by atoms with van der Waals surface area (Å²) in [7, 11) is 1.53. The standard InChI is InChI=1S/C12H9FN2O4/c1-14-9(4-5-11(14)12(16)17)7-2-3-10(15(18)19)8(13)6-7/h2-6H,1H3,(H,16,17). The van der Waals surface area contributed by atoms with Crippen molar-refractivity contribution in [2.24, 2.45) is 7.05 Å². The van der Waals surface area contributed by atoms with Crippen LogP contribution in [0.2, 0.25) is 0 Å². The molecule has 2 aromatic rings. The zero-order valence-corrected chi connectivity index (χ0v) is 9.83. The van der Waals surface area contributed by atoms with Crippen LogP contribution in [0.4, 0.5) is 10.1 Å². The molecular weight excluding hydrogens is 255 g/mol. The van der Waals surface area contributed by atoms with Crippen molar-refractivity contribution >= 4 is 11.7 Å². The molecule has 0 radical (unpaired) electrons. The van der Waals surface area contributed by atoms with Gasteiger partial charge in [-0.1, -0.05) is 0 Å². The molecule has 0 aliphatic rings. The number of nitrogens with zero attached hydrogens (tertiary/aromatic N) is 2. The fourth-order valence-corrected chi connectivity index (χ4v) is 1.83. The van der Waals surface area contributed by atoms with Crippen molar-refractivity contribution in [2.45, 2.75) is 0 Å². The van der Waals surface area contributed by atoms with E-state index in [0.717, 1.165) is 12.1 Å². The van der Waals surface area contributed by atoms with Crippen molar-refractivity contribution in [1.82, 2.24) is 4.57 Å². The molecule has 0 saturated carbocycles. The number of aromatic carboxylic acids is 1. The third-order valence-electron chi connectivity index (χ3n) is 2.78. The molecule has 98 valence electrons. The fraction of sp³-hybridized carbons (Fsp3) is 0.0833. The Morgan fingerprint density at radius 1 is 1.37 bits per heavy atom. The first-order valence-corrected chi connectivity index (χ1v) is 5.25. The van der Waals surface area contributed by atoms with Crippen molar-refractivity contribution in [3.8, 4) is 11.3 Å². The lowest BCUT2D eigenvalue weighted by atomic mass is 10.1. The largest absolute Gasteiger partial charge is 0.477 e. The molecule has 0 saturated heterocycles. The van der Waals surface area contributed by atoms with Gasteiger partial charge >= 0.3 is 11.7 Å². The number of carboxylic acid groups (broad SMARTS) is 1. The van der Waals surface area contributed by atoms with Gasteiger partial charge in [-0.15, -0.1) is 0 Å². The van der Waals surface area contributed by atoms with Crippen molar-refractivity contribution in [1.29, 1.82) is 0 Å². The molecule has 0 atom stereocenters. The third-order valence-corrected chi connectivity index (χ3v) is 2.78. The summed E-state index contributed by atoms with van der Waals surface area (Å²) in [5.74, 6) is -2.06. The Kier molecular flexibility index (Phi) is 3.04. The average Bonchev–Trinajstić information content (AvgIpc) is 2.70. The van der Waals surface area contributed by atoms with Crippen molar-refractivity contribution in [3.05, 3.63) is 52.0 Å². The number of hydrogen-bond acceptors (Lipinski definition) is 3. The van der Waals surface area contributed by atoms with E-state index in [0.29, 0.717) is 11.3 Å². The maximum Gasteiger partial charge on any atom is 0.352 e. The Hall–Kier alpha value is -2.70. The van der Waals surface area contributed by atoms with Gasteiger partial charge in [-0.05, 0) is 24.3 Å². The molecule has 0 bridgehead atoms. The van der Waals surface area contributed by atoms with Crippen LogP contribution >= 0.6 is 0 Å². The van der Waals surface area contributed by atoms with Crippen LogP contribution in [-0.2, 0) is 7.05 Å². The number of nitro groups is 1. The SMILES string of the molecule is Cn1c(C(=O)O)ccc1-c1ccc([N+](=O)[O-])c(F)c1. The zero-order valence-electron chi connectivity index (χ0n) is 9.83. The molecule has 1 aromatic heterocycles. The van der Waals surface area contributed by atoms with Gasteiger partial charge in [-0.25, -0.2) is 4.79 Å². The number of aromatic nitrogens is 1. The maximum atomic E-state index is 13.5. The van der Waals surface area contributed by atoms with Crippen LogP contribution in [0.1, 0.15) is 10.5 Å². The quantitative estimate of drug-likeness (QED) is 0.681. The first kappa shape index (κ1) is 12.7. The average molecular weight is 264 g/mol. The second kappa shape index (κ2) is 4.52. The number of carbonyl (C=O) groups is 1. The highest BCUT2D eigenvalue weighted by Crippen LogP contribution is 2.26. The Bertz CT molecular complexity index is 678. The number of nitro benzene ring substituents is 1. The van der Waals surface area contributed by atoms with Crippen LogP contribution < -0.4 is 0 Å². The summed E-state index contributed by atoms with van der Waals surface area (Å²) in [6, 6.07) is 6.35. The molecule has 1 N–H and O–H groups in total. The summed E-state index contributed by atoms with van der Waals surface area (Å²) in [4.78, 5) is 20.6. The van der Waals surface area contributed by atoms with E-state index in [1.807, 2.05) is 0 Å². The molecule has 0 aliphatic heterocycles. The lowest BCUT2D eigenvalue weighted by Gasteiger charge is -2.05. The number of carboxylic acids is 1. The topological polar surface area (TPSA) is 85.4 Å². The maximum absolute atomic E-state index is 13.5. The summed E-state index contributed by atoms with van der Waals surface area (Å²) in [6.07, 6.45) is 0. The fourth-order valence-electron chi connectivity index (χ4n) is 1.83. The van der Waals surface area contributed by atoms with Gasteiger partial charge in [0, 0.05) is 24.4 Å². The van der Waals surface area contributed by atoms with Gasteiger partial charge in [0.05, 0.1) is 4.92 Å². The van der Waals surface area contributed by atoms with Crippen molar-refractivity contribution in [3.63, 3.8) is 0 Å². The van der Waals surface area contributed by atoms with Crippen molar-refractivity contribution < 1.29 is 19.2 Å². The third kappa shape index (κ3) is 2.17. The van der Waals surface area contributed by atoms with Gasteiger partial charge in [-0.2, -0.15) is 4.39 Å². The molecule has 0 unspecified atom stereocenters. The van der Waals surface area contributed by atoms with E-state index in [2.05, 4.69) is 0 Å². The van der Waals surface area contributed by atoms with E-state index in [9.17, 15) is 19.3 Å². The monoisotopic (exact) mass is 264 g/mol. The van der Waals surface area contributed by atoms with E-state index in [1.165, 1.54) is 29.8 Å². The number of halogens is 1. The van der Waals surface area contributed by atoms with E-state index in [4.69, 9.17) is 5.11 Å². The van der Waals surface area contributed by atoms with Crippen LogP contribution in [0.15, 0.2) is 30.3 Å². The minimum Gasteiger partial charge on any atom is -0.477 e. The summed E-state index contributed by atoms with van der Waals surface area (Å²) in [5, 5.41) is 19.4. The van der Waals surface area contributed by atoms with Crippen LogP contribution in [0.5, 0.6) is 0 Å². The van der Waals surface area contributed by atoms with Gasteiger partial charge in [0.15, 0.2) is 0 Å². The Morgan fingerprint density at radius 3 is 2.53 bits per heavy atom. The Labute approximate surface area is 106 Å². The van der Waals surface area contributed by atoms with Gasteiger partial charge in [-0.3, -0.25) is 10.1 Å². The van der Waals surface area contributed by atoms with Gasteiger partial charge in [0.2, 0.25) is 5.82 Å². The predicted molar refractivity (Wildman–Crippen MR) is 64.4 cm³/mol. The van der Waals surface area contributed by atoms with Crippen LogP contribution in [0.3, 0.4) is 0 Å². The molecule has 19 heavy (non-hydrogen) atoms. The van der Waals surface area contributed by atoms with Gasteiger partial charge in [0.1, 0.15) is 5.69 Å². The lowest BCUT2D eigenvalue weighted by Crippen LogP contribution is -2.05. The number of rotatable bonds is 3. The van der Waals surface area contributed by atoms with Crippen LogP contribution in [0, 0.1) is 15.9 Å². The molecule has 0 spiro atoms. The van der Waals surface area contributed by atoms with Gasteiger partial charge in [0.25, 0.3) is 0 Å². The molecule has 6 nitrogen and oxygen atoms in total. The molecule has 2 rings (SSSR count). The Morgan fingerprint density at radius 2 is 2.05 bits per heavy atom. The van der Waals surface area contributed by atoms with E-state index < -0.39 is 22.4 Å². The van der Waals surface area contributed by atoms with Crippen molar-refractivity contribution in [2.75, 3.05) is 0 Å². The molecule has 7 heteroatoms. The minimum absolute atomic E-state index is 0.0498. The Balaban J connectivity index is 2.51. The molecule has 0 amide bonds. The first-order chi connectivity index (χ1) is 8.91. The lowest BCUT2D eigenvalue weighted by molar-refractivity contribution is -0.387. The van der Waals surface area contributed by atoms with E-state index >= 15 is 0 Å². The molecule has 0 aliphatic carbocycles. The normalized spacial score (nSPS) is 10.4. The van der Waals surface area contributed by atoms with Crippen LogP contribution in [0.25, 0.3) is 11.3 Å². The molecule has 1 heterocycles. The highest BCUT2D eigenvalue weighted by atomic mass is 19.1. The van der Waals surface area contributed by atoms with E-state index in [-0.39, 0.29) is 5.69 Å². The number of hydrogen-bond donors (Lipinski definition) is 1. The molecule has 0 fully saturated rings. The van der Waals surface area contributed by atoms with E-state index in [1.54, 1.807) is 0 Å². The summed E-state index contributed by atoms with van der Waals surface area (Å²) >= 11 is 0.